The Morgan fingerprint density at radius 1 is 0.312 bits per heavy atom. The summed E-state index contributed by atoms with van der Waals surface area (Å²) in [4.78, 5) is 184. The summed E-state index contributed by atoms with van der Waals surface area (Å²) in [6, 6.07) is 10.2. The highest BCUT2D eigenvalue weighted by Crippen LogP contribution is 2.25. The second kappa shape index (κ2) is 74.9. The molecule has 0 saturated heterocycles. The number of hydrogen-bond donors (Lipinski definition) is 11. The van der Waals surface area contributed by atoms with Crippen LogP contribution in [-0.2, 0) is 100 Å². The molecule has 36 nitrogen and oxygen atoms in total. The van der Waals surface area contributed by atoms with Gasteiger partial charge in [-0.2, -0.15) is 0 Å². The highest BCUT2D eigenvalue weighted by molar-refractivity contribution is 5.92. The summed E-state index contributed by atoms with van der Waals surface area (Å²) in [6.45, 7) is 8.58. The molecule has 6 amide bonds. The Hall–Kier alpha value is -9.27. The van der Waals surface area contributed by atoms with Gasteiger partial charge in [0.05, 0.1) is 90.4 Å². The second-order valence-corrected chi connectivity index (χ2v) is 30.6. The lowest BCUT2D eigenvalue weighted by atomic mass is 9.83. The minimum atomic E-state index is -1.23. The maximum Gasteiger partial charge on any atom is 0.335 e. The van der Waals surface area contributed by atoms with Gasteiger partial charge in [0.2, 0.25) is 35.4 Å². The van der Waals surface area contributed by atoms with E-state index in [9.17, 15) is 82.1 Å². The van der Waals surface area contributed by atoms with E-state index in [0.29, 0.717) is 109 Å². The van der Waals surface area contributed by atoms with Crippen LogP contribution in [0.2, 0.25) is 0 Å². The lowest BCUT2D eigenvalue weighted by Gasteiger charge is -2.20. The number of rotatable bonds is 85. The van der Waals surface area contributed by atoms with Crippen molar-refractivity contribution in [2.45, 2.75) is 238 Å². The smallest absolute Gasteiger partial charge is 0.335 e. The van der Waals surface area contributed by atoms with Crippen LogP contribution < -0.4 is 47.5 Å². The Balaban J connectivity index is -0.0000156. The molecule has 0 spiro atoms. The van der Waals surface area contributed by atoms with Gasteiger partial charge in [0, 0.05) is 114 Å². The first-order chi connectivity index (χ1) is 59.7. The van der Waals surface area contributed by atoms with E-state index in [-0.39, 0.29) is 264 Å². The van der Waals surface area contributed by atoms with Crippen LogP contribution in [0.1, 0.15) is 253 Å². The summed E-state index contributed by atoms with van der Waals surface area (Å²) in [5.74, 6) is -7.36. The minimum Gasteiger partial charge on any atom is -0.494 e. The predicted octanol–water partition coefficient (Wildman–Crippen LogP) is 9.66. The monoisotopic (exact) mass is 1780 g/mol. The molecule has 0 unspecified atom stereocenters. The molecule has 0 fully saturated rings. The maximum absolute atomic E-state index is 13.7. The SMILES string of the molecule is CC(=O)[C@H](CCCCNC(=O)COCCOCCNC(=O)COCCOCCCC(=O)CC[C@H](NC(=O)CCCCCCCCCOc1ccc(C(=O)O)cc1)C(=O)O)CC(=O)[C@H](CCCCNC(=O)COCCOCCCC(=O)COCCOCCNC(=O)CC[C@H](NC(=O)CCCCCCCCCOc1ccc(C(=O)O)cc1)C(=O)O)CC(=O)C(C)C.N.[HH].[HH].[HH].[HH]. The number of ketones is 5. The first-order valence-electron chi connectivity index (χ1n) is 44.0. The molecule has 0 bridgehead atoms. The predicted molar refractivity (Wildman–Crippen MR) is 469 cm³/mol. The molecule has 36 heteroatoms. The standard InChI is InChI=1S/C89H140N6O29.H3N.4H2/c1-66(2)78(99)61-71(25-17-19-43-91-83(104)63-120-57-53-116-47-23-27-73(98)62-119-56-54-117-50-44-92-80(101)41-40-77(89(113)114)95-82(103)29-15-11-7-5-9-13-21-49-124-75-37-32-69(33-38-75)87(109)110)79(100)60-70(67(3)96)24-16-18-42-90-84(105)64-122-59-55-118-51-45-93-85(106)65-121-58-52-115-46-22-26-72(97)34-39-76(88(111)112)94-81(102)28-14-10-6-4-8-12-20-48-123-74-35-30-68(31-36-74)86(107)108;;;;;/h30-33,35-38,66,70-71,76-77H,4-29,34,39-65H2,1-3H3,(H,90,105)(H,91,104)(H,92,101)(H,93,106)(H,94,102)(H,95,103)(H,107,108)(H,109,110)(H,111,112)(H,113,114);1H3;4*1H/t70-,71-,76+,77+;;;;;/m1...../s1. The average Bonchev–Trinajstić information content (AvgIpc) is 0.874. The minimum absolute atomic E-state index is 0. The van der Waals surface area contributed by atoms with E-state index in [2.05, 4.69) is 31.9 Å². The third-order valence-corrected chi connectivity index (χ3v) is 19.7. The quantitative estimate of drug-likeness (QED) is 0.0274. The fourth-order valence-corrected chi connectivity index (χ4v) is 12.4. The van der Waals surface area contributed by atoms with Crippen molar-refractivity contribution in [2.24, 2.45) is 17.8 Å². The van der Waals surface area contributed by atoms with E-state index in [0.717, 1.165) is 77.0 Å². The molecule has 4 atom stereocenters. The topological polar surface area (TPSA) is 536 Å². The van der Waals surface area contributed by atoms with Crippen LogP contribution >= 0.6 is 0 Å². The number of hydrogen-bond acceptors (Lipinski definition) is 26. The molecule has 0 aliphatic carbocycles. The van der Waals surface area contributed by atoms with Crippen molar-refractivity contribution in [3.63, 3.8) is 0 Å². The Morgan fingerprint density at radius 2 is 0.664 bits per heavy atom. The number of unbranched alkanes of at least 4 members (excludes halogenated alkanes) is 14. The average molecular weight is 1780 g/mol. The van der Waals surface area contributed by atoms with Crippen molar-refractivity contribution in [3.8, 4) is 11.5 Å². The normalized spacial score (nSPS) is 12.0. The van der Waals surface area contributed by atoms with Gasteiger partial charge in [-0.05, 0) is 133 Å². The van der Waals surface area contributed by atoms with Crippen molar-refractivity contribution < 1.29 is 145 Å². The summed E-state index contributed by atoms with van der Waals surface area (Å²) in [5.41, 5.74) is 0.404. The molecule has 13 N–H and O–H groups in total. The summed E-state index contributed by atoms with van der Waals surface area (Å²) in [5, 5.41) is 53.1. The van der Waals surface area contributed by atoms with Gasteiger partial charge >= 0.3 is 23.9 Å². The number of aliphatic carboxylic acids is 2. The highest BCUT2D eigenvalue weighted by Gasteiger charge is 2.28. The van der Waals surface area contributed by atoms with Gasteiger partial charge in [0.15, 0.2) is 5.78 Å². The number of carboxylic acid groups (broad SMARTS) is 4. The number of nitrogens with one attached hydrogen (secondary N) is 6. The zero-order valence-corrected chi connectivity index (χ0v) is 73.9. The van der Waals surface area contributed by atoms with E-state index in [4.69, 9.17) is 57.6 Å². The Labute approximate surface area is 741 Å². The van der Waals surface area contributed by atoms with Gasteiger partial charge < -0.3 is 106 Å². The molecule has 0 aliphatic rings. The molecule has 0 saturated carbocycles. The zero-order valence-electron chi connectivity index (χ0n) is 73.9. The maximum atomic E-state index is 13.7. The number of Topliss-reactive ketones (excluding diaryl/α,β-unsaturated/α-hetero) is 5. The summed E-state index contributed by atoms with van der Waals surface area (Å²) < 4.78 is 54.8. The van der Waals surface area contributed by atoms with Gasteiger partial charge in [-0.1, -0.05) is 90.9 Å². The zero-order chi connectivity index (χ0) is 91.0. The number of carboxylic acids is 4. The Kier molecular flexibility index (Phi) is 68.2. The van der Waals surface area contributed by atoms with E-state index in [1.165, 1.54) is 31.2 Å². The van der Waals surface area contributed by atoms with E-state index >= 15 is 0 Å². The van der Waals surface area contributed by atoms with Crippen LogP contribution in [0.5, 0.6) is 11.5 Å². The first kappa shape index (κ1) is 114. The summed E-state index contributed by atoms with van der Waals surface area (Å²) >= 11 is 0. The largest absolute Gasteiger partial charge is 0.494 e. The fraction of sp³-hybridized carbons (Fsp3) is 0.697. The lowest BCUT2D eigenvalue weighted by Crippen LogP contribution is -2.41. The summed E-state index contributed by atoms with van der Waals surface area (Å²) in [7, 11) is 0. The molecule has 0 radical (unpaired) electrons. The van der Waals surface area contributed by atoms with Gasteiger partial charge in [-0.3, -0.25) is 52.7 Å². The van der Waals surface area contributed by atoms with Crippen LogP contribution in [0.4, 0.5) is 0 Å². The second-order valence-electron chi connectivity index (χ2n) is 30.6. The number of ether oxygens (including phenoxy) is 10. The third kappa shape index (κ3) is 64.2. The van der Waals surface area contributed by atoms with E-state index < -0.39 is 53.7 Å². The lowest BCUT2D eigenvalue weighted by molar-refractivity contribution is -0.142. The third-order valence-electron chi connectivity index (χ3n) is 19.7. The van der Waals surface area contributed by atoms with Gasteiger partial charge in [-0.25, -0.2) is 19.2 Å². The van der Waals surface area contributed by atoms with Crippen LogP contribution in [0.15, 0.2) is 48.5 Å². The molecular weight excluding hydrogens is 1630 g/mol. The molecular formula is C89H151N7O29. The van der Waals surface area contributed by atoms with Crippen LogP contribution in [0.25, 0.3) is 0 Å². The van der Waals surface area contributed by atoms with Gasteiger partial charge in [0.25, 0.3) is 0 Å². The van der Waals surface area contributed by atoms with Crippen LogP contribution in [0, 0.1) is 17.8 Å². The Bertz CT molecular complexity index is 3430. The van der Waals surface area contributed by atoms with Crippen molar-refractivity contribution in [1.82, 2.24) is 38.1 Å². The molecule has 125 heavy (non-hydrogen) atoms. The molecule has 0 heterocycles. The summed E-state index contributed by atoms with van der Waals surface area (Å²) in [6.07, 6.45) is 16.9. The number of carbonyl (C=O) groups is 15. The van der Waals surface area contributed by atoms with Crippen molar-refractivity contribution in [3.05, 3.63) is 59.7 Å². The van der Waals surface area contributed by atoms with Crippen molar-refractivity contribution >= 4 is 88.2 Å². The number of benzene rings is 2. The molecule has 716 valence electrons. The molecule has 0 aromatic heterocycles. The van der Waals surface area contributed by atoms with Crippen molar-refractivity contribution in [2.75, 3.05) is 145 Å². The first-order valence-corrected chi connectivity index (χ1v) is 44.0. The fourth-order valence-electron chi connectivity index (χ4n) is 12.4. The molecule has 2 aromatic rings. The van der Waals surface area contributed by atoms with E-state index in [1.807, 2.05) is 0 Å². The Morgan fingerprint density at radius 3 is 1.07 bits per heavy atom. The van der Waals surface area contributed by atoms with E-state index in [1.54, 1.807) is 38.1 Å². The number of carbonyl (C=O) groups excluding carboxylic acids is 11. The molecule has 2 rings (SSSR count). The van der Waals surface area contributed by atoms with Crippen LogP contribution in [-0.4, -0.2) is 266 Å². The molecule has 2 aromatic carbocycles. The van der Waals surface area contributed by atoms with Gasteiger partial charge in [-0.15, -0.1) is 0 Å². The van der Waals surface area contributed by atoms with Crippen LogP contribution in [0.3, 0.4) is 0 Å². The number of amides is 6. The molecule has 0 aliphatic heterocycles. The number of aromatic carboxylic acids is 2. The highest BCUT2D eigenvalue weighted by atomic mass is 16.5. The van der Waals surface area contributed by atoms with Crippen molar-refractivity contribution in [1.29, 1.82) is 0 Å². The van der Waals surface area contributed by atoms with Gasteiger partial charge in [0.1, 0.15) is 73.1 Å².